The monoisotopic (exact) mass is 315 g/mol. The summed E-state index contributed by atoms with van der Waals surface area (Å²) in [4.78, 5) is 8.59. The second-order valence-corrected chi connectivity index (χ2v) is 4.80. The molecule has 0 spiro atoms. The number of halogens is 4. The summed E-state index contributed by atoms with van der Waals surface area (Å²) in [5.41, 5.74) is 0.800. The van der Waals surface area contributed by atoms with E-state index in [1.807, 2.05) is 31.2 Å². The van der Waals surface area contributed by atoms with Crippen molar-refractivity contribution in [3.05, 3.63) is 46.9 Å². The van der Waals surface area contributed by atoms with Gasteiger partial charge < -0.3 is 4.90 Å². The van der Waals surface area contributed by atoms with Gasteiger partial charge in [-0.25, -0.2) is 9.97 Å². The van der Waals surface area contributed by atoms with Crippen LogP contribution in [0.5, 0.6) is 0 Å². The van der Waals surface area contributed by atoms with Crippen molar-refractivity contribution in [2.24, 2.45) is 0 Å². The standard InChI is InChI=1S/C14H13ClF3N3/c1-3-9-4-6-10(7-5-9)21(2)12-8-11(14(16,17)18)19-13(15)20-12/h4-8H,3H2,1-2H3. The topological polar surface area (TPSA) is 29.0 Å². The van der Waals surface area contributed by atoms with E-state index >= 15 is 0 Å². The van der Waals surface area contributed by atoms with Crippen LogP contribution in [-0.2, 0) is 12.6 Å². The summed E-state index contributed by atoms with van der Waals surface area (Å²) >= 11 is 5.59. The van der Waals surface area contributed by atoms with E-state index in [4.69, 9.17) is 11.6 Å². The zero-order valence-electron chi connectivity index (χ0n) is 11.4. The Hall–Kier alpha value is -1.82. The van der Waals surface area contributed by atoms with E-state index in [0.717, 1.165) is 23.7 Å². The zero-order valence-corrected chi connectivity index (χ0v) is 12.2. The average molecular weight is 316 g/mol. The molecule has 3 nitrogen and oxygen atoms in total. The lowest BCUT2D eigenvalue weighted by Crippen LogP contribution is -2.15. The van der Waals surface area contributed by atoms with E-state index in [1.165, 1.54) is 4.90 Å². The predicted octanol–water partition coefficient (Wildman–Crippen LogP) is 4.48. The molecule has 0 aliphatic carbocycles. The van der Waals surface area contributed by atoms with Crippen LogP contribution in [-0.4, -0.2) is 17.0 Å². The van der Waals surface area contributed by atoms with Crippen molar-refractivity contribution in [1.29, 1.82) is 0 Å². The molecule has 0 unspecified atom stereocenters. The maximum absolute atomic E-state index is 12.7. The van der Waals surface area contributed by atoms with Gasteiger partial charge in [-0.15, -0.1) is 0 Å². The highest BCUT2D eigenvalue weighted by Crippen LogP contribution is 2.32. The summed E-state index contributed by atoms with van der Waals surface area (Å²) in [5, 5.41) is -0.433. The van der Waals surface area contributed by atoms with Crippen molar-refractivity contribution in [3.8, 4) is 0 Å². The molecule has 7 heteroatoms. The highest BCUT2D eigenvalue weighted by Gasteiger charge is 2.34. The third-order valence-corrected chi connectivity index (χ3v) is 3.22. The molecule has 112 valence electrons. The van der Waals surface area contributed by atoms with E-state index in [9.17, 15) is 13.2 Å². The van der Waals surface area contributed by atoms with Gasteiger partial charge in [-0.2, -0.15) is 13.2 Å². The van der Waals surface area contributed by atoms with Crippen LogP contribution in [0.2, 0.25) is 5.28 Å². The fourth-order valence-corrected chi connectivity index (χ4v) is 1.99. The van der Waals surface area contributed by atoms with Crippen LogP contribution in [0.4, 0.5) is 24.7 Å². The Morgan fingerprint density at radius 1 is 1.14 bits per heavy atom. The third-order valence-electron chi connectivity index (χ3n) is 3.05. The largest absolute Gasteiger partial charge is 0.433 e. The average Bonchev–Trinajstić information content (AvgIpc) is 2.45. The number of alkyl halides is 3. The first kappa shape index (κ1) is 15.6. The van der Waals surface area contributed by atoms with Crippen molar-refractivity contribution >= 4 is 23.1 Å². The fraction of sp³-hybridized carbons (Fsp3) is 0.286. The van der Waals surface area contributed by atoms with Gasteiger partial charge in [-0.05, 0) is 35.7 Å². The number of hydrogen-bond acceptors (Lipinski definition) is 3. The summed E-state index contributed by atoms with van der Waals surface area (Å²) < 4.78 is 38.2. The summed E-state index contributed by atoms with van der Waals surface area (Å²) in [6, 6.07) is 8.35. The van der Waals surface area contributed by atoms with Gasteiger partial charge in [0, 0.05) is 18.8 Å². The molecule has 0 radical (unpaired) electrons. The molecule has 0 aliphatic heterocycles. The molecular formula is C14H13ClF3N3. The van der Waals surface area contributed by atoms with Crippen LogP contribution in [0.15, 0.2) is 30.3 Å². The quantitative estimate of drug-likeness (QED) is 0.782. The van der Waals surface area contributed by atoms with Gasteiger partial charge in [0.05, 0.1) is 0 Å². The molecule has 2 rings (SSSR count). The lowest BCUT2D eigenvalue weighted by atomic mass is 10.1. The number of hydrogen-bond donors (Lipinski definition) is 0. The van der Waals surface area contributed by atoms with Crippen molar-refractivity contribution in [2.45, 2.75) is 19.5 Å². The second kappa shape index (κ2) is 5.89. The van der Waals surface area contributed by atoms with E-state index in [0.29, 0.717) is 0 Å². The molecule has 0 saturated carbocycles. The zero-order chi connectivity index (χ0) is 15.6. The van der Waals surface area contributed by atoms with Crippen molar-refractivity contribution in [1.82, 2.24) is 9.97 Å². The summed E-state index contributed by atoms with van der Waals surface area (Å²) in [6.45, 7) is 2.03. The summed E-state index contributed by atoms with van der Waals surface area (Å²) in [7, 11) is 1.62. The van der Waals surface area contributed by atoms with Crippen LogP contribution >= 0.6 is 11.6 Å². The lowest BCUT2D eigenvalue weighted by Gasteiger charge is -2.19. The Kier molecular flexibility index (Phi) is 4.37. The van der Waals surface area contributed by atoms with Crippen LogP contribution < -0.4 is 4.90 Å². The Morgan fingerprint density at radius 2 is 1.76 bits per heavy atom. The maximum Gasteiger partial charge on any atom is 0.433 e. The minimum Gasteiger partial charge on any atom is -0.329 e. The van der Waals surface area contributed by atoms with Gasteiger partial charge in [0.15, 0.2) is 5.69 Å². The van der Waals surface area contributed by atoms with E-state index in [-0.39, 0.29) is 5.82 Å². The molecule has 1 heterocycles. The number of aromatic nitrogens is 2. The molecule has 2 aromatic rings. The summed E-state index contributed by atoms with van der Waals surface area (Å²) in [6.07, 6.45) is -3.67. The van der Waals surface area contributed by atoms with Crippen molar-refractivity contribution in [2.75, 3.05) is 11.9 Å². The van der Waals surface area contributed by atoms with Gasteiger partial charge in [0.25, 0.3) is 0 Å². The fourth-order valence-electron chi connectivity index (χ4n) is 1.81. The minimum absolute atomic E-state index is 0.0894. The molecule has 0 atom stereocenters. The van der Waals surface area contributed by atoms with Crippen molar-refractivity contribution in [3.63, 3.8) is 0 Å². The molecular weight excluding hydrogens is 303 g/mol. The summed E-state index contributed by atoms with van der Waals surface area (Å²) in [5.74, 6) is 0.0894. The minimum atomic E-state index is -4.56. The first-order valence-corrected chi connectivity index (χ1v) is 6.63. The van der Waals surface area contributed by atoms with Crippen LogP contribution in [0.25, 0.3) is 0 Å². The smallest absolute Gasteiger partial charge is 0.329 e. The van der Waals surface area contributed by atoms with E-state index < -0.39 is 17.2 Å². The highest BCUT2D eigenvalue weighted by atomic mass is 35.5. The lowest BCUT2D eigenvalue weighted by molar-refractivity contribution is -0.141. The van der Waals surface area contributed by atoms with E-state index in [1.54, 1.807) is 7.05 Å². The Balaban J connectivity index is 2.38. The molecule has 0 amide bonds. The predicted molar refractivity (Wildman–Crippen MR) is 75.9 cm³/mol. The molecule has 0 fully saturated rings. The Labute approximate surface area is 125 Å². The maximum atomic E-state index is 12.7. The third kappa shape index (κ3) is 3.64. The van der Waals surface area contributed by atoms with Crippen LogP contribution in [0.3, 0.4) is 0 Å². The molecule has 1 aromatic heterocycles. The first-order chi connectivity index (χ1) is 9.81. The second-order valence-electron chi connectivity index (χ2n) is 4.46. The van der Waals surface area contributed by atoms with Gasteiger partial charge in [-0.3, -0.25) is 0 Å². The first-order valence-electron chi connectivity index (χ1n) is 6.25. The molecule has 1 aromatic carbocycles. The van der Waals surface area contributed by atoms with Crippen LogP contribution in [0, 0.1) is 0 Å². The van der Waals surface area contributed by atoms with Crippen LogP contribution in [0.1, 0.15) is 18.2 Å². The highest BCUT2D eigenvalue weighted by molar-refractivity contribution is 6.28. The van der Waals surface area contributed by atoms with E-state index in [2.05, 4.69) is 9.97 Å². The Morgan fingerprint density at radius 3 is 2.29 bits per heavy atom. The molecule has 0 saturated heterocycles. The molecule has 21 heavy (non-hydrogen) atoms. The molecule has 0 bridgehead atoms. The number of rotatable bonds is 3. The number of benzene rings is 1. The number of aryl methyl sites for hydroxylation is 1. The molecule has 0 aliphatic rings. The number of anilines is 2. The SMILES string of the molecule is CCc1ccc(N(C)c2cc(C(F)(F)F)nc(Cl)n2)cc1. The van der Waals surface area contributed by atoms with Crippen molar-refractivity contribution < 1.29 is 13.2 Å². The normalized spacial score (nSPS) is 11.5. The van der Waals surface area contributed by atoms with Gasteiger partial charge in [-0.1, -0.05) is 19.1 Å². The molecule has 0 N–H and O–H groups in total. The number of nitrogens with zero attached hydrogens (tertiary/aromatic N) is 3. The van der Waals surface area contributed by atoms with Gasteiger partial charge in [0.2, 0.25) is 5.28 Å². The van der Waals surface area contributed by atoms with Gasteiger partial charge >= 0.3 is 6.18 Å². The Bertz CT molecular complexity index is 626. The van der Waals surface area contributed by atoms with Gasteiger partial charge in [0.1, 0.15) is 5.82 Å².